The second-order valence-corrected chi connectivity index (χ2v) is 10.7. The van der Waals surface area contributed by atoms with Crippen molar-refractivity contribution in [2.45, 2.75) is 85.2 Å². The lowest BCUT2D eigenvalue weighted by atomic mass is 10.0. The second kappa shape index (κ2) is 15.8. The molecule has 3 aromatic rings. The minimum atomic E-state index is -0.108. The molecule has 2 aliphatic heterocycles. The van der Waals surface area contributed by atoms with Gasteiger partial charge in [0.05, 0.1) is 5.39 Å². The van der Waals surface area contributed by atoms with Gasteiger partial charge in [-0.15, -0.1) is 0 Å². The molecule has 214 valence electrons. The number of fused-ring (bicyclic) bond motifs is 1. The van der Waals surface area contributed by atoms with Gasteiger partial charge in [0, 0.05) is 50.8 Å². The third-order valence-corrected chi connectivity index (χ3v) is 7.27. The minimum Gasteiger partial charge on any atom is -0.357 e. The molecule has 0 aliphatic carbocycles. The van der Waals surface area contributed by atoms with Gasteiger partial charge in [-0.25, -0.2) is 9.67 Å². The summed E-state index contributed by atoms with van der Waals surface area (Å²) in [4.78, 5) is 22.8. The van der Waals surface area contributed by atoms with Crippen LogP contribution in [0.1, 0.15) is 88.7 Å². The topological polar surface area (TPSA) is 66.3 Å². The van der Waals surface area contributed by atoms with Gasteiger partial charge in [0.2, 0.25) is 0 Å². The SMILES string of the molecule is CC.CCC.Cn1nc(C(=O)NC2CCN(Cc3cccc(Cl)c3)CC2)c2ccc(N3CCCCCC3)nc21. The van der Waals surface area contributed by atoms with Gasteiger partial charge in [0.15, 0.2) is 11.3 Å². The Kier molecular flexibility index (Phi) is 12.5. The standard InChI is InChI=1S/C26H33ClN6O.C3H8.C2H6/c1-31-25-22(9-10-23(29-25)33-13-4-2-3-5-14-33)24(30-31)26(34)28-21-11-15-32(16-12-21)18-19-7-6-8-20(27)17-19;1-3-2;1-2/h6-10,17,21H,2-5,11-16,18H2,1H3,(H,28,34);3H2,1-2H3;1-2H3. The Morgan fingerprint density at radius 1 is 1.00 bits per heavy atom. The number of piperidine rings is 1. The van der Waals surface area contributed by atoms with Crippen LogP contribution in [0.3, 0.4) is 0 Å². The van der Waals surface area contributed by atoms with Gasteiger partial charge in [-0.3, -0.25) is 9.69 Å². The Labute approximate surface area is 239 Å². The van der Waals surface area contributed by atoms with E-state index in [1.165, 1.54) is 37.7 Å². The molecule has 0 saturated carbocycles. The van der Waals surface area contributed by atoms with Gasteiger partial charge < -0.3 is 10.2 Å². The Morgan fingerprint density at radius 2 is 1.67 bits per heavy atom. The number of carbonyl (C=O) groups is 1. The molecule has 0 spiro atoms. The molecule has 0 radical (unpaired) electrons. The van der Waals surface area contributed by atoms with Gasteiger partial charge in [0.1, 0.15) is 5.82 Å². The van der Waals surface area contributed by atoms with Crippen LogP contribution >= 0.6 is 11.6 Å². The van der Waals surface area contributed by atoms with Crippen molar-refractivity contribution in [2.75, 3.05) is 31.1 Å². The van der Waals surface area contributed by atoms with E-state index in [-0.39, 0.29) is 11.9 Å². The predicted molar refractivity (Wildman–Crippen MR) is 164 cm³/mol. The summed E-state index contributed by atoms with van der Waals surface area (Å²) in [6.07, 6.45) is 8.08. The van der Waals surface area contributed by atoms with Crippen LogP contribution in [0.4, 0.5) is 5.82 Å². The average molecular weight is 555 g/mol. The predicted octanol–water partition coefficient (Wildman–Crippen LogP) is 6.84. The third-order valence-electron chi connectivity index (χ3n) is 7.04. The molecule has 2 saturated heterocycles. The van der Waals surface area contributed by atoms with Gasteiger partial charge >= 0.3 is 0 Å². The molecule has 39 heavy (non-hydrogen) atoms. The zero-order chi connectivity index (χ0) is 28.2. The maximum atomic E-state index is 13.1. The lowest BCUT2D eigenvalue weighted by molar-refractivity contribution is 0.0904. The molecule has 1 N–H and O–H groups in total. The number of halogens is 1. The van der Waals surface area contributed by atoms with E-state index in [1.807, 2.05) is 51.2 Å². The maximum absolute atomic E-state index is 13.1. The first-order valence-corrected chi connectivity index (χ1v) is 15.2. The van der Waals surface area contributed by atoms with Crippen molar-refractivity contribution in [1.29, 1.82) is 0 Å². The summed E-state index contributed by atoms with van der Waals surface area (Å²) in [5.74, 6) is 0.875. The fraction of sp³-hybridized carbons (Fsp3) is 0.581. The summed E-state index contributed by atoms with van der Waals surface area (Å²) < 4.78 is 1.74. The highest BCUT2D eigenvalue weighted by Crippen LogP contribution is 2.24. The Hall–Kier alpha value is -2.64. The first-order chi connectivity index (χ1) is 19.0. The number of aryl methyl sites for hydroxylation is 1. The quantitative estimate of drug-likeness (QED) is 0.374. The van der Waals surface area contributed by atoms with E-state index in [1.54, 1.807) is 4.68 Å². The Bertz CT molecular complexity index is 1160. The van der Waals surface area contributed by atoms with Crippen molar-refractivity contribution >= 4 is 34.4 Å². The third kappa shape index (κ3) is 8.67. The summed E-state index contributed by atoms with van der Waals surface area (Å²) >= 11 is 6.12. The Morgan fingerprint density at radius 3 is 2.31 bits per heavy atom. The maximum Gasteiger partial charge on any atom is 0.272 e. The number of hydrogen-bond acceptors (Lipinski definition) is 5. The number of nitrogens with zero attached hydrogens (tertiary/aromatic N) is 5. The van der Waals surface area contributed by atoms with Crippen molar-refractivity contribution < 1.29 is 4.79 Å². The fourth-order valence-electron chi connectivity index (χ4n) is 5.15. The van der Waals surface area contributed by atoms with Crippen LogP contribution in [0.2, 0.25) is 5.02 Å². The fourth-order valence-corrected chi connectivity index (χ4v) is 5.36. The molecule has 0 unspecified atom stereocenters. The van der Waals surface area contributed by atoms with E-state index in [0.717, 1.165) is 67.4 Å². The first kappa shape index (κ1) is 30.9. The van der Waals surface area contributed by atoms with E-state index >= 15 is 0 Å². The van der Waals surface area contributed by atoms with Crippen LogP contribution in [0.15, 0.2) is 36.4 Å². The van der Waals surface area contributed by atoms with Crippen LogP contribution in [-0.2, 0) is 13.6 Å². The van der Waals surface area contributed by atoms with Crippen LogP contribution in [0.5, 0.6) is 0 Å². The summed E-state index contributed by atoms with van der Waals surface area (Å²) in [6, 6.07) is 12.2. The molecule has 1 aromatic carbocycles. The van der Waals surface area contributed by atoms with Crippen molar-refractivity contribution in [3.8, 4) is 0 Å². The van der Waals surface area contributed by atoms with E-state index in [9.17, 15) is 4.79 Å². The first-order valence-electron chi connectivity index (χ1n) is 14.8. The number of nitrogens with one attached hydrogen (secondary N) is 1. The van der Waals surface area contributed by atoms with Gasteiger partial charge in [-0.2, -0.15) is 5.10 Å². The molecule has 2 aliphatic rings. The summed E-state index contributed by atoms with van der Waals surface area (Å²) in [6.45, 7) is 13.1. The van der Waals surface area contributed by atoms with Gasteiger partial charge in [0.25, 0.3) is 5.91 Å². The van der Waals surface area contributed by atoms with Gasteiger partial charge in [-0.05, 0) is 55.5 Å². The largest absolute Gasteiger partial charge is 0.357 e. The monoisotopic (exact) mass is 554 g/mol. The number of pyridine rings is 1. The number of carbonyl (C=O) groups excluding carboxylic acids is 1. The van der Waals surface area contributed by atoms with Crippen LogP contribution in [0, 0.1) is 0 Å². The number of rotatable bonds is 5. The van der Waals surface area contributed by atoms with Crippen LogP contribution in [-0.4, -0.2) is 57.8 Å². The molecule has 5 rings (SSSR count). The highest BCUT2D eigenvalue weighted by Gasteiger charge is 2.24. The van der Waals surface area contributed by atoms with Crippen molar-refractivity contribution in [2.24, 2.45) is 7.05 Å². The summed E-state index contributed by atoms with van der Waals surface area (Å²) in [7, 11) is 1.87. The van der Waals surface area contributed by atoms with Crippen molar-refractivity contribution in [3.05, 3.63) is 52.7 Å². The van der Waals surface area contributed by atoms with Crippen molar-refractivity contribution in [3.63, 3.8) is 0 Å². The Balaban J connectivity index is 0.000000787. The van der Waals surface area contributed by atoms with Crippen LogP contribution in [0.25, 0.3) is 11.0 Å². The van der Waals surface area contributed by atoms with Crippen molar-refractivity contribution in [1.82, 2.24) is 25.0 Å². The number of likely N-dealkylation sites (tertiary alicyclic amines) is 1. The van der Waals surface area contributed by atoms with Crippen LogP contribution < -0.4 is 10.2 Å². The molecule has 2 aromatic heterocycles. The van der Waals surface area contributed by atoms with E-state index in [2.05, 4.69) is 40.1 Å². The number of aromatic nitrogens is 3. The highest BCUT2D eigenvalue weighted by atomic mass is 35.5. The molecular formula is C31H47ClN6O. The second-order valence-electron chi connectivity index (χ2n) is 10.3. The van der Waals surface area contributed by atoms with E-state index in [0.29, 0.717) is 5.69 Å². The minimum absolute atomic E-state index is 0.108. The molecular weight excluding hydrogens is 508 g/mol. The summed E-state index contributed by atoms with van der Waals surface area (Å²) in [5.41, 5.74) is 2.46. The lowest BCUT2D eigenvalue weighted by Gasteiger charge is -2.32. The molecule has 0 atom stereocenters. The smallest absolute Gasteiger partial charge is 0.272 e. The molecule has 7 nitrogen and oxygen atoms in total. The zero-order valence-corrected chi connectivity index (χ0v) is 25.3. The number of amides is 1. The lowest BCUT2D eigenvalue weighted by Crippen LogP contribution is -2.44. The van der Waals surface area contributed by atoms with E-state index < -0.39 is 0 Å². The summed E-state index contributed by atoms with van der Waals surface area (Å²) in [5, 5.41) is 9.35. The zero-order valence-electron chi connectivity index (χ0n) is 24.5. The highest BCUT2D eigenvalue weighted by molar-refractivity contribution is 6.30. The molecule has 4 heterocycles. The normalized spacial score (nSPS) is 16.5. The molecule has 2 fully saturated rings. The van der Waals surface area contributed by atoms with Gasteiger partial charge in [-0.1, -0.05) is 70.7 Å². The molecule has 8 heteroatoms. The molecule has 1 amide bonds. The number of anilines is 1. The number of hydrogen-bond donors (Lipinski definition) is 1. The number of benzene rings is 1. The van der Waals surface area contributed by atoms with E-state index in [4.69, 9.17) is 16.6 Å². The average Bonchev–Trinajstić information content (AvgIpc) is 3.09. The molecule has 0 bridgehead atoms.